The minimum Gasteiger partial charge on any atom is -0.482 e. The summed E-state index contributed by atoms with van der Waals surface area (Å²) in [6, 6.07) is 12.6. The van der Waals surface area contributed by atoms with Crippen LogP contribution in [-0.2, 0) is 4.79 Å². The van der Waals surface area contributed by atoms with Gasteiger partial charge in [0.05, 0.1) is 0 Å². The number of carbonyl (C=O) groups excluding carboxylic acids is 1. The van der Waals surface area contributed by atoms with Crippen LogP contribution >= 0.6 is 0 Å². The van der Waals surface area contributed by atoms with E-state index in [9.17, 15) is 9.59 Å². The summed E-state index contributed by atoms with van der Waals surface area (Å²) in [5.74, 6) is 0.628. The van der Waals surface area contributed by atoms with E-state index in [0.717, 1.165) is 24.0 Å². The van der Waals surface area contributed by atoms with E-state index in [-0.39, 0.29) is 11.9 Å². The molecular weight excluding hydrogens is 392 g/mol. The summed E-state index contributed by atoms with van der Waals surface area (Å²) >= 11 is 0. The Morgan fingerprint density at radius 3 is 2.10 bits per heavy atom. The summed E-state index contributed by atoms with van der Waals surface area (Å²) in [5.41, 5.74) is 3.48. The molecule has 0 saturated heterocycles. The quantitative estimate of drug-likeness (QED) is 0.417. The number of aliphatic carboxylic acids is 1. The van der Waals surface area contributed by atoms with Crippen LogP contribution < -0.4 is 15.4 Å². The standard InChI is InChI=1S/C25H34N2O4/c1-16(2)12-19(13-17(3)4)22-11-10-21(31-15-24(28)29)14-23(22)27-25(30)26-20-8-6-18(5)7-9-20/h6-11,14,16-17,19H,12-13,15H2,1-5H3,(H,28,29)(H2,26,27,30). The number of amides is 2. The third kappa shape index (κ3) is 8.32. The van der Waals surface area contributed by atoms with Gasteiger partial charge in [0.15, 0.2) is 6.61 Å². The molecule has 2 aromatic carbocycles. The third-order valence-corrected chi connectivity index (χ3v) is 4.90. The van der Waals surface area contributed by atoms with Gasteiger partial charge >= 0.3 is 12.0 Å². The first-order valence-electron chi connectivity index (χ1n) is 10.8. The second kappa shape index (κ2) is 11.4. The van der Waals surface area contributed by atoms with E-state index >= 15 is 0 Å². The monoisotopic (exact) mass is 426 g/mol. The Balaban J connectivity index is 2.31. The highest BCUT2D eigenvalue weighted by Crippen LogP contribution is 2.36. The Hall–Kier alpha value is -3.02. The molecule has 0 heterocycles. The number of anilines is 2. The average molecular weight is 427 g/mol. The molecule has 0 unspecified atom stereocenters. The van der Waals surface area contributed by atoms with Crippen molar-refractivity contribution in [1.82, 2.24) is 0 Å². The van der Waals surface area contributed by atoms with E-state index in [4.69, 9.17) is 9.84 Å². The normalized spacial score (nSPS) is 11.1. The fourth-order valence-corrected chi connectivity index (χ4v) is 3.64. The Morgan fingerprint density at radius 2 is 1.55 bits per heavy atom. The molecule has 3 N–H and O–H groups in total. The third-order valence-electron chi connectivity index (χ3n) is 4.90. The van der Waals surface area contributed by atoms with Gasteiger partial charge in [-0.3, -0.25) is 0 Å². The van der Waals surface area contributed by atoms with Crippen molar-refractivity contribution in [3.8, 4) is 5.75 Å². The molecule has 168 valence electrons. The molecule has 0 saturated carbocycles. The SMILES string of the molecule is Cc1ccc(NC(=O)Nc2cc(OCC(=O)O)ccc2C(CC(C)C)CC(C)C)cc1. The summed E-state index contributed by atoms with van der Waals surface area (Å²) in [4.78, 5) is 23.6. The lowest BCUT2D eigenvalue weighted by molar-refractivity contribution is -0.139. The molecular formula is C25H34N2O4. The number of urea groups is 1. The molecule has 0 bridgehead atoms. The largest absolute Gasteiger partial charge is 0.482 e. The molecule has 31 heavy (non-hydrogen) atoms. The molecule has 0 atom stereocenters. The van der Waals surface area contributed by atoms with Gasteiger partial charge in [0.2, 0.25) is 0 Å². The van der Waals surface area contributed by atoms with Crippen LogP contribution in [0.5, 0.6) is 5.75 Å². The first kappa shape index (κ1) is 24.3. The van der Waals surface area contributed by atoms with E-state index in [2.05, 4.69) is 38.3 Å². The van der Waals surface area contributed by atoms with Gasteiger partial charge in [0, 0.05) is 17.4 Å². The zero-order chi connectivity index (χ0) is 23.0. The Bertz CT molecular complexity index is 866. The number of carboxylic acid groups (broad SMARTS) is 1. The molecule has 0 aromatic heterocycles. The van der Waals surface area contributed by atoms with Gasteiger partial charge in [0.1, 0.15) is 5.75 Å². The number of aryl methyl sites for hydroxylation is 1. The average Bonchev–Trinajstić information content (AvgIpc) is 2.67. The molecule has 6 heteroatoms. The molecule has 0 fully saturated rings. The molecule has 6 nitrogen and oxygen atoms in total. The van der Waals surface area contributed by atoms with Crippen molar-refractivity contribution < 1.29 is 19.4 Å². The highest BCUT2D eigenvalue weighted by Gasteiger charge is 2.20. The van der Waals surface area contributed by atoms with Gasteiger partial charge in [0.25, 0.3) is 0 Å². The summed E-state index contributed by atoms with van der Waals surface area (Å²) in [6.45, 7) is 10.3. The lowest BCUT2D eigenvalue weighted by atomic mass is 9.83. The van der Waals surface area contributed by atoms with Crippen molar-refractivity contribution in [2.24, 2.45) is 11.8 Å². The molecule has 2 aromatic rings. The predicted octanol–water partition coefficient (Wildman–Crippen LogP) is 6.28. The predicted molar refractivity (Wildman–Crippen MR) is 125 cm³/mol. The maximum atomic E-state index is 12.7. The fourth-order valence-electron chi connectivity index (χ4n) is 3.64. The second-order valence-electron chi connectivity index (χ2n) is 8.83. The summed E-state index contributed by atoms with van der Waals surface area (Å²) < 4.78 is 5.35. The Kier molecular flexibility index (Phi) is 8.91. The molecule has 0 aliphatic rings. The Morgan fingerprint density at radius 1 is 0.935 bits per heavy atom. The van der Waals surface area contributed by atoms with Crippen LogP contribution in [0, 0.1) is 18.8 Å². The maximum Gasteiger partial charge on any atom is 0.341 e. The fraction of sp³-hybridized carbons (Fsp3) is 0.440. The van der Waals surface area contributed by atoms with Gasteiger partial charge in [-0.2, -0.15) is 0 Å². The first-order chi connectivity index (χ1) is 14.6. The molecule has 0 spiro atoms. The number of nitrogens with one attached hydrogen (secondary N) is 2. The molecule has 2 amide bonds. The van der Waals surface area contributed by atoms with Gasteiger partial charge in [-0.15, -0.1) is 0 Å². The minimum atomic E-state index is -1.05. The Labute approximate surface area is 185 Å². The molecule has 0 aliphatic heterocycles. The van der Waals surface area contributed by atoms with Crippen LogP contribution in [0.2, 0.25) is 0 Å². The lowest BCUT2D eigenvalue weighted by Crippen LogP contribution is -2.21. The van der Waals surface area contributed by atoms with Crippen LogP contribution in [0.25, 0.3) is 0 Å². The van der Waals surface area contributed by atoms with Gasteiger partial charge in [-0.05, 0) is 61.3 Å². The zero-order valence-electron chi connectivity index (χ0n) is 19.1. The van der Waals surface area contributed by atoms with Gasteiger partial charge in [-0.25, -0.2) is 9.59 Å². The zero-order valence-corrected chi connectivity index (χ0v) is 19.1. The number of ether oxygens (including phenoxy) is 1. The van der Waals surface area contributed by atoms with E-state index in [1.54, 1.807) is 12.1 Å². The van der Waals surface area contributed by atoms with E-state index in [0.29, 0.717) is 29.0 Å². The maximum absolute atomic E-state index is 12.7. The van der Waals surface area contributed by atoms with Crippen LogP contribution in [0.15, 0.2) is 42.5 Å². The van der Waals surface area contributed by atoms with Crippen molar-refractivity contribution in [3.05, 3.63) is 53.6 Å². The van der Waals surface area contributed by atoms with Crippen LogP contribution in [0.3, 0.4) is 0 Å². The number of carboxylic acids is 1. The summed E-state index contributed by atoms with van der Waals surface area (Å²) in [7, 11) is 0. The molecule has 0 radical (unpaired) electrons. The van der Waals surface area contributed by atoms with Crippen molar-refractivity contribution in [2.45, 2.75) is 53.4 Å². The smallest absolute Gasteiger partial charge is 0.341 e. The van der Waals surface area contributed by atoms with E-state index in [1.807, 2.05) is 37.3 Å². The van der Waals surface area contributed by atoms with Crippen molar-refractivity contribution in [2.75, 3.05) is 17.2 Å². The first-order valence-corrected chi connectivity index (χ1v) is 10.8. The van der Waals surface area contributed by atoms with E-state index < -0.39 is 12.6 Å². The van der Waals surface area contributed by atoms with Crippen LogP contribution in [-0.4, -0.2) is 23.7 Å². The minimum absolute atomic E-state index is 0.267. The number of carbonyl (C=O) groups is 2. The van der Waals surface area contributed by atoms with Gasteiger partial charge < -0.3 is 20.5 Å². The summed E-state index contributed by atoms with van der Waals surface area (Å²) in [5, 5.41) is 14.7. The highest BCUT2D eigenvalue weighted by molar-refractivity contribution is 6.00. The van der Waals surface area contributed by atoms with Crippen molar-refractivity contribution >= 4 is 23.4 Å². The number of hydrogen-bond donors (Lipinski definition) is 3. The summed E-state index contributed by atoms with van der Waals surface area (Å²) in [6.07, 6.45) is 1.98. The lowest BCUT2D eigenvalue weighted by Gasteiger charge is -2.25. The molecule has 2 rings (SSSR count). The topological polar surface area (TPSA) is 87.7 Å². The van der Waals surface area contributed by atoms with Crippen molar-refractivity contribution in [3.63, 3.8) is 0 Å². The van der Waals surface area contributed by atoms with Gasteiger partial charge in [-0.1, -0.05) is 51.5 Å². The highest BCUT2D eigenvalue weighted by atomic mass is 16.5. The number of benzene rings is 2. The van der Waals surface area contributed by atoms with Crippen LogP contribution in [0.4, 0.5) is 16.2 Å². The number of hydrogen-bond acceptors (Lipinski definition) is 3. The van der Waals surface area contributed by atoms with Crippen LogP contribution in [0.1, 0.15) is 57.6 Å². The molecule has 0 aliphatic carbocycles. The van der Waals surface area contributed by atoms with E-state index in [1.165, 1.54) is 0 Å². The second-order valence-corrected chi connectivity index (χ2v) is 8.83. The van der Waals surface area contributed by atoms with Crippen molar-refractivity contribution in [1.29, 1.82) is 0 Å². The number of rotatable bonds is 10.